The molecule has 1 unspecified atom stereocenters. The molecule has 1 nitrogen and oxygen atoms in total. The molecule has 0 amide bonds. The molecule has 2 heteroatoms. The SMILES string of the molecule is CC(CS)Cc1cccnc1. The molecular weight excluding hydrogens is 154 g/mol. The molecule has 0 saturated heterocycles. The summed E-state index contributed by atoms with van der Waals surface area (Å²) in [5.74, 6) is 1.58. The van der Waals surface area contributed by atoms with Crippen molar-refractivity contribution < 1.29 is 0 Å². The first kappa shape index (κ1) is 8.60. The van der Waals surface area contributed by atoms with Gasteiger partial charge in [0, 0.05) is 12.4 Å². The summed E-state index contributed by atoms with van der Waals surface area (Å²) >= 11 is 4.23. The quantitative estimate of drug-likeness (QED) is 0.681. The molecule has 0 radical (unpaired) electrons. The van der Waals surface area contributed by atoms with E-state index in [1.165, 1.54) is 5.56 Å². The summed E-state index contributed by atoms with van der Waals surface area (Å²) in [4.78, 5) is 4.05. The molecule has 0 saturated carbocycles. The minimum absolute atomic E-state index is 0.641. The Kier molecular flexibility index (Phi) is 3.43. The van der Waals surface area contributed by atoms with E-state index in [4.69, 9.17) is 0 Å². The highest BCUT2D eigenvalue weighted by Gasteiger charge is 1.99. The molecule has 60 valence electrons. The third-order valence-electron chi connectivity index (χ3n) is 1.62. The molecule has 0 fully saturated rings. The summed E-state index contributed by atoms with van der Waals surface area (Å²) in [6.07, 6.45) is 4.80. The molecule has 1 heterocycles. The Hall–Kier alpha value is -0.500. The third-order valence-corrected chi connectivity index (χ3v) is 2.24. The number of pyridine rings is 1. The predicted molar refractivity (Wildman–Crippen MR) is 51.0 cm³/mol. The van der Waals surface area contributed by atoms with Gasteiger partial charge in [0.25, 0.3) is 0 Å². The Balaban J connectivity index is 2.51. The van der Waals surface area contributed by atoms with Crippen LogP contribution in [0.25, 0.3) is 0 Å². The van der Waals surface area contributed by atoms with Gasteiger partial charge in [-0.1, -0.05) is 13.0 Å². The highest BCUT2D eigenvalue weighted by atomic mass is 32.1. The first-order valence-corrected chi connectivity index (χ1v) is 4.46. The van der Waals surface area contributed by atoms with Crippen LogP contribution in [0.4, 0.5) is 0 Å². The van der Waals surface area contributed by atoms with Crippen molar-refractivity contribution in [2.45, 2.75) is 13.3 Å². The van der Waals surface area contributed by atoms with E-state index in [0.29, 0.717) is 5.92 Å². The largest absolute Gasteiger partial charge is 0.264 e. The first-order valence-electron chi connectivity index (χ1n) is 3.82. The molecule has 0 aliphatic heterocycles. The molecule has 0 aromatic carbocycles. The Morgan fingerprint density at radius 1 is 1.64 bits per heavy atom. The van der Waals surface area contributed by atoms with E-state index < -0.39 is 0 Å². The van der Waals surface area contributed by atoms with Crippen LogP contribution in [0.2, 0.25) is 0 Å². The van der Waals surface area contributed by atoms with Crippen molar-refractivity contribution in [1.29, 1.82) is 0 Å². The smallest absolute Gasteiger partial charge is 0.0299 e. The van der Waals surface area contributed by atoms with Gasteiger partial charge >= 0.3 is 0 Å². The maximum absolute atomic E-state index is 4.23. The molecule has 1 rings (SSSR count). The van der Waals surface area contributed by atoms with Crippen LogP contribution in [0.5, 0.6) is 0 Å². The van der Waals surface area contributed by atoms with Crippen LogP contribution in [0.1, 0.15) is 12.5 Å². The van der Waals surface area contributed by atoms with E-state index in [1.54, 1.807) is 6.20 Å². The second-order valence-corrected chi connectivity index (χ2v) is 3.22. The van der Waals surface area contributed by atoms with E-state index in [2.05, 4.69) is 30.6 Å². The van der Waals surface area contributed by atoms with Crippen molar-refractivity contribution in [3.63, 3.8) is 0 Å². The first-order chi connectivity index (χ1) is 5.33. The zero-order valence-corrected chi connectivity index (χ0v) is 7.59. The van der Waals surface area contributed by atoms with E-state index in [9.17, 15) is 0 Å². The molecule has 1 aromatic rings. The molecular formula is C9H13NS. The lowest BCUT2D eigenvalue weighted by Crippen LogP contribution is -2.00. The number of hydrogen-bond acceptors (Lipinski definition) is 2. The Bertz CT molecular complexity index is 198. The number of hydrogen-bond donors (Lipinski definition) is 1. The molecule has 0 bridgehead atoms. The number of rotatable bonds is 3. The van der Waals surface area contributed by atoms with Crippen LogP contribution in [0.3, 0.4) is 0 Å². The van der Waals surface area contributed by atoms with Crippen molar-refractivity contribution in [3.05, 3.63) is 30.1 Å². The van der Waals surface area contributed by atoms with Crippen LogP contribution in [0.15, 0.2) is 24.5 Å². The summed E-state index contributed by atoms with van der Waals surface area (Å²) in [7, 11) is 0. The van der Waals surface area contributed by atoms with E-state index in [1.807, 2.05) is 12.3 Å². The van der Waals surface area contributed by atoms with E-state index in [-0.39, 0.29) is 0 Å². The fourth-order valence-corrected chi connectivity index (χ4v) is 1.11. The summed E-state index contributed by atoms with van der Waals surface area (Å²) in [6, 6.07) is 4.08. The minimum atomic E-state index is 0.641. The fraction of sp³-hybridized carbons (Fsp3) is 0.444. The van der Waals surface area contributed by atoms with E-state index in [0.717, 1.165) is 12.2 Å². The predicted octanol–water partition coefficient (Wildman–Crippen LogP) is 2.19. The van der Waals surface area contributed by atoms with Gasteiger partial charge in [-0.15, -0.1) is 0 Å². The lowest BCUT2D eigenvalue weighted by molar-refractivity contribution is 0.659. The molecule has 0 aliphatic rings. The summed E-state index contributed by atoms with van der Waals surface area (Å²) < 4.78 is 0. The van der Waals surface area contributed by atoms with Crippen molar-refractivity contribution in [3.8, 4) is 0 Å². The Morgan fingerprint density at radius 3 is 3.00 bits per heavy atom. The molecule has 0 spiro atoms. The van der Waals surface area contributed by atoms with Crippen LogP contribution in [0, 0.1) is 5.92 Å². The lowest BCUT2D eigenvalue weighted by Gasteiger charge is -2.05. The average molecular weight is 167 g/mol. The van der Waals surface area contributed by atoms with Gasteiger partial charge in [-0.25, -0.2) is 0 Å². The topological polar surface area (TPSA) is 12.9 Å². The van der Waals surface area contributed by atoms with Gasteiger partial charge in [-0.3, -0.25) is 4.98 Å². The van der Waals surface area contributed by atoms with Crippen molar-refractivity contribution in [2.24, 2.45) is 5.92 Å². The molecule has 0 aliphatic carbocycles. The zero-order valence-electron chi connectivity index (χ0n) is 6.70. The van der Waals surface area contributed by atoms with Gasteiger partial charge in [0.05, 0.1) is 0 Å². The second-order valence-electron chi connectivity index (χ2n) is 2.85. The monoisotopic (exact) mass is 167 g/mol. The average Bonchev–Trinajstić information content (AvgIpc) is 2.06. The second kappa shape index (κ2) is 4.39. The minimum Gasteiger partial charge on any atom is -0.264 e. The van der Waals surface area contributed by atoms with Gasteiger partial charge in [0.15, 0.2) is 0 Å². The van der Waals surface area contributed by atoms with E-state index >= 15 is 0 Å². The third kappa shape index (κ3) is 2.93. The molecule has 1 aromatic heterocycles. The molecule has 0 N–H and O–H groups in total. The van der Waals surface area contributed by atoms with Gasteiger partial charge in [0.2, 0.25) is 0 Å². The van der Waals surface area contributed by atoms with Crippen LogP contribution in [-0.4, -0.2) is 10.7 Å². The van der Waals surface area contributed by atoms with Crippen molar-refractivity contribution in [2.75, 3.05) is 5.75 Å². The number of thiol groups is 1. The summed E-state index contributed by atoms with van der Waals surface area (Å²) in [5, 5.41) is 0. The Labute approximate surface area is 73.3 Å². The fourth-order valence-electron chi connectivity index (χ4n) is 0.986. The maximum Gasteiger partial charge on any atom is 0.0299 e. The van der Waals surface area contributed by atoms with Crippen molar-refractivity contribution >= 4 is 12.6 Å². The highest BCUT2D eigenvalue weighted by molar-refractivity contribution is 7.80. The van der Waals surface area contributed by atoms with Crippen LogP contribution in [-0.2, 0) is 6.42 Å². The standard InChI is InChI=1S/C9H13NS/c1-8(7-11)5-9-3-2-4-10-6-9/h2-4,6,8,11H,5,7H2,1H3. The molecule has 1 atom stereocenters. The summed E-state index contributed by atoms with van der Waals surface area (Å²) in [5.41, 5.74) is 1.30. The van der Waals surface area contributed by atoms with Crippen LogP contribution < -0.4 is 0 Å². The highest BCUT2D eigenvalue weighted by Crippen LogP contribution is 2.07. The maximum atomic E-state index is 4.23. The van der Waals surface area contributed by atoms with Gasteiger partial charge in [0.1, 0.15) is 0 Å². The zero-order chi connectivity index (χ0) is 8.10. The van der Waals surface area contributed by atoms with Crippen LogP contribution >= 0.6 is 12.6 Å². The van der Waals surface area contributed by atoms with Gasteiger partial charge in [-0.05, 0) is 29.7 Å². The normalized spacial score (nSPS) is 12.9. The lowest BCUT2D eigenvalue weighted by atomic mass is 10.1. The van der Waals surface area contributed by atoms with Crippen molar-refractivity contribution in [1.82, 2.24) is 4.98 Å². The number of nitrogens with zero attached hydrogens (tertiary/aromatic N) is 1. The van der Waals surface area contributed by atoms with Gasteiger partial charge < -0.3 is 0 Å². The number of aromatic nitrogens is 1. The molecule has 11 heavy (non-hydrogen) atoms. The summed E-state index contributed by atoms with van der Waals surface area (Å²) in [6.45, 7) is 2.19. The Morgan fingerprint density at radius 2 is 2.45 bits per heavy atom. The van der Waals surface area contributed by atoms with Gasteiger partial charge in [-0.2, -0.15) is 12.6 Å².